The van der Waals surface area contributed by atoms with Crippen molar-refractivity contribution in [1.29, 1.82) is 5.26 Å². The van der Waals surface area contributed by atoms with Crippen LogP contribution >= 0.6 is 11.3 Å². The van der Waals surface area contributed by atoms with E-state index in [9.17, 15) is 10.1 Å². The molecule has 0 fully saturated rings. The van der Waals surface area contributed by atoms with Crippen molar-refractivity contribution in [2.75, 3.05) is 0 Å². The van der Waals surface area contributed by atoms with Crippen LogP contribution in [0.3, 0.4) is 0 Å². The van der Waals surface area contributed by atoms with Gasteiger partial charge in [0.1, 0.15) is 5.01 Å². The molecular formula is C16H17N3OS. The molecule has 5 heteroatoms. The molecule has 1 aliphatic heterocycles. The minimum atomic E-state index is -0.296. The van der Waals surface area contributed by atoms with E-state index < -0.39 is 0 Å². The molecule has 0 aromatic carbocycles. The van der Waals surface area contributed by atoms with Gasteiger partial charge in [0.05, 0.1) is 17.6 Å². The summed E-state index contributed by atoms with van der Waals surface area (Å²) >= 11 is 1.50. The van der Waals surface area contributed by atoms with Crippen molar-refractivity contribution in [3.05, 3.63) is 39.1 Å². The summed E-state index contributed by atoms with van der Waals surface area (Å²) in [6.07, 6.45) is 3.07. The average molecular weight is 299 g/mol. The lowest BCUT2D eigenvalue weighted by Crippen LogP contribution is -2.36. The summed E-state index contributed by atoms with van der Waals surface area (Å²) in [6, 6.07) is 2.26. The molecule has 4 nitrogen and oxygen atoms in total. The maximum absolute atomic E-state index is 12.7. The largest absolute Gasteiger partial charge is 0.361 e. The lowest BCUT2D eigenvalue weighted by atomic mass is 9.70. The molecule has 0 unspecified atom stereocenters. The highest BCUT2D eigenvalue weighted by Gasteiger charge is 2.41. The van der Waals surface area contributed by atoms with Crippen LogP contribution in [0.4, 0.5) is 0 Å². The Morgan fingerprint density at radius 2 is 2.24 bits per heavy atom. The van der Waals surface area contributed by atoms with Crippen molar-refractivity contribution >= 4 is 17.1 Å². The number of hydrogen-bond acceptors (Lipinski definition) is 5. The molecule has 3 rings (SSSR count). The van der Waals surface area contributed by atoms with Crippen molar-refractivity contribution in [2.45, 2.75) is 39.5 Å². The first kappa shape index (κ1) is 14.0. The van der Waals surface area contributed by atoms with Gasteiger partial charge in [-0.15, -0.1) is 11.3 Å². The highest BCUT2D eigenvalue weighted by molar-refractivity contribution is 7.09. The molecule has 1 atom stereocenters. The summed E-state index contributed by atoms with van der Waals surface area (Å²) in [5, 5.41) is 15.5. The van der Waals surface area contributed by atoms with E-state index in [1.165, 1.54) is 11.3 Å². The lowest BCUT2D eigenvalue weighted by Gasteiger charge is -2.38. The minimum Gasteiger partial charge on any atom is -0.361 e. The Labute approximate surface area is 128 Å². The molecule has 108 valence electrons. The SMILES string of the molecule is CC1=C(C#N)[C@@H](c2nccs2)C2=C(CC(C)(C)CC2=O)N1. The van der Waals surface area contributed by atoms with E-state index >= 15 is 0 Å². The highest BCUT2D eigenvalue weighted by atomic mass is 32.1. The second-order valence-electron chi connectivity index (χ2n) is 6.41. The Kier molecular flexibility index (Phi) is 3.22. The Morgan fingerprint density at radius 1 is 1.48 bits per heavy atom. The average Bonchev–Trinajstić information content (AvgIpc) is 2.88. The third kappa shape index (κ3) is 2.30. The topological polar surface area (TPSA) is 65.8 Å². The Bertz CT molecular complexity index is 704. The van der Waals surface area contributed by atoms with E-state index in [1.54, 1.807) is 6.20 Å². The Hall–Kier alpha value is -1.93. The smallest absolute Gasteiger partial charge is 0.162 e. The van der Waals surface area contributed by atoms with E-state index in [0.29, 0.717) is 12.0 Å². The number of allylic oxidation sites excluding steroid dienone is 4. The van der Waals surface area contributed by atoms with E-state index in [-0.39, 0.29) is 17.1 Å². The number of aromatic nitrogens is 1. The first-order valence-corrected chi connectivity index (χ1v) is 7.84. The van der Waals surface area contributed by atoms with Crippen LogP contribution in [0.5, 0.6) is 0 Å². The van der Waals surface area contributed by atoms with Gasteiger partial charge in [-0.05, 0) is 18.8 Å². The number of carbonyl (C=O) groups is 1. The van der Waals surface area contributed by atoms with Gasteiger partial charge in [0.25, 0.3) is 0 Å². The molecule has 1 aromatic heterocycles. The van der Waals surface area contributed by atoms with Crippen LogP contribution < -0.4 is 5.32 Å². The highest BCUT2D eigenvalue weighted by Crippen LogP contribution is 2.46. The fourth-order valence-electron chi connectivity index (χ4n) is 3.21. The number of rotatable bonds is 1. The summed E-state index contributed by atoms with van der Waals surface area (Å²) in [5.41, 5.74) is 3.11. The van der Waals surface area contributed by atoms with Crippen LogP contribution in [0.15, 0.2) is 34.1 Å². The molecule has 1 aromatic rings. The van der Waals surface area contributed by atoms with Gasteiger partial charge in [-0.2, -0.15) is 5.26 Å². The normalized spacial score (nSPS) is 24.5. The quantitative estimate of drug-likeness (QED) is 0.864. The van der Waals surface area contributed by atoms with Crippen molar-refractivity contribution in [2.24, 2.45) is 5.41 Å². The summed E-state index contributed by atoms with van der Waals surface area (Å²) < 4.78 is 0. The summed E-state index contributed by atoms with van der Waals surface area (Å²) in [7, 11) is 0. The minimum absolute atomic E-state index is 0.0409. The Morgan fingerprint density at radius 3 is 2.86 bits per heavy atom. The van der Waals surface area contributed by atoms with Gasteiger partial charge in [-0.1, -0.05) is 13.8 Å². The summed E-state index contributed by atoms with van der Waals surface area (Å²) in [4.78, 5) is 17.0. The van der Waals surface area contributed by atoms with Crippen molar-refractivity contribution in [1.82, 2.24) is 10.3 Å². The van der Waals surface area contributed by atoms with Gasteiger partial charge in [-0.25, -0.2) is 4.98 Å². The van der Waals surface area contributed by atoms with Gasteiger partial charge in [-0.3, -0.25) is 4.79 Å². The first-order chi connectivity index (χ1) is 9.93. The van der Waals surface area contributed by atoms with E-state index in [4.69, 9.17) is 0 Å². The molecule has 2 aliphatic rings. The number of thiazole rings is 1. The standard InChI is InChI=1S/C16H17N3OS/c1-9-10(8-17)13(15-18-4-5-21-15)14-11(19-9)6-16(2,3)7-12(14)20/h4-5,13,19H,6-7H2,1-3H3/t13-/m1/s1. The van der Waals surface area contributed by atoms with E-state index in [0.717, 1.165) is 28.4 Å². The number of nitrogens with zero attached hydrogens (tertiary/aromatic N) is 2. The molecule has 0 radical (unpaired) electrons. The zero-order chi connectivity index (χ0) is 15.2. The van der Waals surface area contributed by atoms with Gasteiger partial charge < -0.3 is 5.32 Å². The molecule has 0 saturated heterocycles. The van der Waals surface area contributed by atoms with Crippen molar-refractivity contribution in [3.8, 4) is 6.07 Å². The number of hydrogen-bond donors (Lipinski definition) is 1. The number of carbonyl (C=O) groups excluding carboxylic acids is 1. The second-order valence-corrected chi connectivity index (χ2v) is 7.34. The molecule has 1 aliphatic carbocycles. The van der Waals surface area contributed by atoms with Crippen LogP contribution in [0, 0.1) is 16.7 Å². The van der Waals surface area contributed by atoms with Crippen LogP contribution in [0.1, 0.15) is 44.5 Å². The second kappa shape index (κ2) is 4.81. The number of dihydropyridines is 1. The predicted molar refractivity (Wildman–Crippen MR) is 81.4 cm³/mol. The lowest BCUT2D eigenvalue weighted by molar-refractivity contribution is -0.118. The maximum atomic E-state index is 12.7. The van der Waals surface area contributed by atoms with Crippen molar-refractivity contribution in [3.63, 3.8) is 0 Å². The van der Waals surface area contributed by atoms with E-state index in [1.807, 2.05) is 12.3 Å². The number of Topliss-reactive ketones (excluding diaryl/α,β-unsaturated/α-hetero) is 1. The third-order valence-corrected chi connectivity index (χ3v) is 4.90. The van der Waals surface area contributed by atoms with Crippen molar-refractivity contribution < 1.29 is 4.79 Å². The van der Waals surface area contributed by atoms with Gasteiger partial charge in [0.15, 0.2) is 5.78 Å². The van der Waals surface area contributed by atoms with Gasteiger partial charge in [0.2, 0.25) is 0 Å². The fourth-order valence-corrected chi connectivity index (χ4v) is 3.96. The maximum Gasteiger partial charge on any atom is 0.162 e. The predicted octanol–water partition coefficient (Wildman–Crippen LogP) is 3.27. The summed E-state index contributed by atoms with van der Waals surface area (Å²) in [6.45, 7) is 6.11. The first-order valence-electron chi connectivity index (χ1n) is 6.96. The van der Waals surface area contributed by atoms with Gasteiger partial charge in [0, 0.05) is 35.0 Å². The zero-order valence-corrected chi connectivity index (χ0v) is 13.2. The Balaban J connectivity index is 2.17. The molecule has 2 heterocycles. The van der Waals surface area contributed by atoms with Gasteiger partial charge >= 0.3 is 0 Å². The van der Waals surface area contributed by atoms with Crippen LogP contribution in [0.25, 0.3) is 0 Å². The molecule has 21 heavy (non-hydrogen) atoms. The molecule has 1 N–H and O–H groups in total. The molecular weight excluding hydrogens is 282 g/mol. The zero-order valence-electron chi connectivity index (χ0n) is 12.4. The van der Waals surface area contributed by atoms with E-state index in [2.05, 4.69) is 30.2 Å². The van der Waals surface area contributed by atoms with Crippen LogP contribution in [-0.2, 0) is 4.79 Å². The van der Waals surface area contributed by atoms with Crippen LogP contribution in [0.2, 0.25) is 0 Å². The molecule has 0 spiro atoms. The third-order valence-electron chi connectivity index (χ3n) is 4.06. The fraction of sp³-hybridized carbons (Fsp3) is 0.438. The number of nitrogens with one attached hydrogen (secondary N) is 1. The summed E-state index contributed by atoms with van der Waals surface area (Å²) in [5.74, 6) is -0.163. The monoisotopic (exact) mass is 299 g/mol. The molecule has 0 bridgehead atoms. The molecule has 0 saturated carbocycles. The number of nitriles is 1. The molecule has 0 amide bonds. The number of ketones is 1. The van der Waals surface area contributed by atoms with Crippen LogP contribution in [-0.4, -0.2) is 10.8 Å².